The number of hydrogen-bond acceptors (Lipinski definition) is 6. The van der Waals surface area contributed by atoms with Crippen molar-refractivity contribution in [1.29, 1.82) is 0 Å². The summed E-state index contributed by atoms with van der Waals surface area (Å²) in [6.45, 7) is 7.59. The van der Waals surface area contributed by atoms with Gasteiger partial charge in [0.2, 0.25) is 0 Å². The van der Waals surface area contributed by atoms with Crippen molar-refractivity contribution in [3.05, 3.63) is 48.2 Å². The number of pyridine rings is 1. The summed E-state index contributed by atoms with van der Waals surface area (Å²) in [6.07, 6.45) is 7.28. The van der Waals surface area contributed by atoms with Crippen LogP contribution in [0.3, 0.4) is 0 Å². The molecule has 198 valence electrons. The number of benzene rings is 1. The minimum absolute atomic E-state index is 0.0195. The maximum absolute atomic E-state index is 13.2. The molecule has 2 aromatic rings. The molecule has 2 heterocycles. The molecule has 1 aliphatic heterocycles. The van der Waals surface area contributed by atoms with Crippen LogP contribution >= 0.6 is 9.24 Å². The van der Waals surface area contributed by atoms with Gasteiger partial charge in [0.1, 0.15) is 11.6 Å². The van der Waals surface area contributed by atoms with E-state index in [0.717, 1.165) is 36.9 Å². The first-order chi connectivity index (χ1) is 17.2. The molecule has 36 heavy (non-hydrogen) atoms. The zero-order chi connectivity index (χ0) is 26.3. The Morgan fingerprint density at radius 2 is 1.89 bits per heavy atom. The molecule has 0 spiro atoms. The van der Waals surface area contributed by atoms with Crippen molar-refractivity contribution in [1.82, 2.24) is 4.98 Å². The van der Waals surface area contributed by atoms with Crippen molar-refractivity contribution in [2.24, 2.45) is 11.8 Å². The van der Waals surface area contributed by atoms with Gasteiger partial charge < -0.3 is 25.2 Å². The van der Waals surface area contributed by atoms with E-state index in [9.17, 15) is 19.0 Å². The third-order valence-corrected chi connectivity index (χ3v) is 6.77. The minimum atomic E-state index is -3.33. The molecule has 2 atom stereocenters. The lowest BCUT2D eigenvalue weighted by molar-refractivity contribution is -0.0892. The maximum atomic E-state index is 13.2. The van der Waals surface area contributed by atoms with Gasteiger partial charge in [-0.05, 0) is 70.3 Å². The smallest absolute Gasteiger partial charge is 0.408 e. The standard InChI is InChI=1S/C27H38F2N3O3P/c1-4-7-8-22(18(5-2)6-3)25-23(32-15-19(16-32)24(34)17-33)13-14-30-26(25)31-20-9-11-21(12-10-20)35-27(28,29)36/h8-14,18-19,24,33-34H,4-7,15-17,36H2,1-3H3,(H,30,31)/b22-8-. The van der Waals surface area contributed by atoms with Crippen LogP contribution in [-0.4, -0.2) is 46.8 Å². The molecule has 0 saturated carbocycles. The summed E-state index contributed by atoms with van der Waals surface area (Å²) in [5, 5.41) is 22.8. The van der Waals surface area contributed by atoms with Crippen LogP contribution in [0.4, 0.5) is 26.0 Å². The Bertz CT molecular complexity index is 1000. The molecule has 9 heteroatoms. The minimum Gasteiger partial charge on any atom is -0.430 e. The van der Waals surface area contributed by atoms with Gasteiger partial charge in [0.05, 0.1) is 12.7 Å². The first-order valence-corrected chi connectivity index (χ1v) is 13.2. The van der Waals surface area contributed by atoms with Crippen molar-refractivity contribution in [3.8, 4) is 5.75 Å². The Morgan fingerprint density at radius 3 is 2.44 bits per heavy atom. The summed E-state index contributed by atoms with van der Waals surface area (Å²) in [4.78, 5) is 6.90. The van der Waals surface area contributed by atoms with Crippen LogP contribution in [0, 0.1) is 11.8 Å². The summed E-state index contributed by atoms with van der Waals surface area (Å²) < 4.78 is 31.0. The molecule has 6 nitrogen and oxygen atoms in total. The second-order valence-electron chi connectivity index (χ2n) is 9.24. The number of halogens is 2. The van der Waals surface area contributed by atoms with Gasteiger partial charge in [-0.25, -0.2) is 4.98 Å². The number of anilines is 3. The molecule has 3 rings (SSSR count). The van der Waals surface area contributed by atoms with Crippen LogP contribution in [0.25, 0.3) is 5.57 Å². The van der Waals surface area contributed by atoms with Gasteiger partial charge in [-0.3, -0.25) is 0 Å². The van der Waals surface area contributed by atoms with Gasteiger partial charge in [-0.15, -0.1) is 0 Å². The van der Waals surface area contributed by atoms with E-state index in [4.69, 9.17) is 0 Å². The third-order valence-electron chi connectivity index (χ3n) is 6.65. The van der Waals surface area contributed by atoms with Crippen molar-refractivity contribution < 1.29 is 23.7 Å². The number of rotatable bonds is 13. The SMILES string of the molecule is CCC/C=C(\c1c(N2CC(C(O)CO)C2)ccnc1Nc1ccc(OC(F)(F)P)cc1)C(CC)CC. The van der Waals surface area contributed by atoms with Gasteiger partial charge in [0.25, 0.3) is 0 Å². The number of ether oxygens (including phenoxy) is 1. The van der Waals surface area contributed by atoms with Crippen LogP contribution < -0.4 is 15.0 Å². The number of aliphatic hydroxyl groups excluding tert-OH is 2. The summed E-state index contributed by atoms with van der Waals surface area (Å²) in [6, 6.07) is 8.37. The highest BCUT2D eigenvalue weighted by molar-refractivity contribution is 7.17. The van der Waals surface area contributed by atoms with Crippen molar-refractivity contribution in [2.75, 3.05) is 29.9 Å². The number of unbranched alkanes of at least 4 members (excludes halogenated alkanes) is 1. The molecule has 1 aromatic heterocycles. The first-order valence-electron chi connectivity index (χ1n) is 12.7. The molecule has 2 unspecified atom stereocenters. The van der Waals surface area contributed by atoms with Crippen molar-refractivity contribution in [2.45, 2.75) is 58.4 Å². The number of hydrogen-bond donors (Lipinski definition) is 3. The average molecular weight is 522 g/mol. The normalized spacial score (nSPS) is 15.7. The highest BCUT2D eigenvalue weighted by Gasteiger charge is 2.35. The third kappa shape index (κ3) is 7.15. The fourth-order valence-electron chi connectivity index (χ4n) is 4.60. The van der Waals surface area contributed by atoms with Gasteiger partial charge in [-0.2, -0.15) is 8.78 Å². The second-order valence-corrected chi connectivity index (χ2v) is 9.92. The van der Waals surface area contributed by atoms with Crippen LogP contribution in [0.1, 0.15) is 52.0 Å². The number of nitrogens with zero attached hydrogens (tertiary/aromatic N) is 2. The molecule has 0 aliphatic carbocycles. The molecule has 1 fully saturated rings. The number of aromatic nitrogens is 1. The number of aliphatic hydroxyl groups is 2. The topological polar surface area (TPSA) is 77.9 Å². The van der Waals surface area contributed by atoms with Gasteiger partial charge >= 0.3 is 5.85 Å². The Hall–Kier alpha value is -2.28. The Kier molecular flexibility index (Phi) is 10.1. The summed E-state index contributed by atoms with van der Waals surface area (Å²) >= 11 is 0. The molecular weight excluding hydrogens is 483 g/mol. The lowest BCUT2D eigenvalue weighted by Gasteiger charge is -2.44. The maximum Gasteiger partial charge on any atom is 0.408 e. The lowest BCUT2D eigenvalue weighted by atomic mass is 9.85. The Labute approximate surface area is 215 Å². The van der Waals surface area contributed by atoms with E-state index < -0.39 is 12.0 Å². The molecule has 1 aromatic carbocycles. The lowest BCUT2D eigenvalue weighted by Crippen LogP contribution is -2.53. The highest BCUT2D eigenvalue weighted by atomic mass is 31.0. The fourth-order valence-corrected chi connectivity index (χ4v) is 4.73. The first kappa shape index (κ1) is 28.3. The van der Waals surface area contributed by atoms with E-state index in [-0.39, 0.29) is 18.3 Å². The van der Waals surface area contributed by atoms with Crippen LogP contribution in [-0.2, 0) is 0 Å². The van der Waals surface area contributed by atoms with Crippen molar-refractivity contribution >= 4 is 32.0 Å². The summed E-state index contributed by atoms with van der Waals surface area (Å²) in [5.41, 5.74) is 4.00. The molecule has 3 N–H and O–H groups in total. The number of allylic oxidation sites excluding steroid dienone is 2. The molecule has 0 radical (unpaired) electrons. The van der Waals surface area contributed by atoms with Gasteiger partial charge in [0.15, 0.2) is 0 Å². The van der Waals surface area contributed by atoms with Crippen LogP contribution in [0.5, 0.6) is 5.75 Å². The van der Waals surface area contributed by atoms with Gasteiger partial charge in [0, 0.05) is 42.1 Å². The van der Waals surface area contributed by atoms with Crippen molar-refractivity contribution in [3.63, 3.8) is 0 Å². The zero-order valence-corrected chi connectivity index (χ0v) is 22.4. The average Bonchev–Trinajstić information content (AvgIpc) is 2.81. The largest absolute Gasteiger partial charge is 0.430 e. The highest BCUT2D eigenvalue weighted by Crippen LogP contribution is 2.42. The Balaban J connectivity index is 2.00. The van der Waals surface area contributed by atoms with E-state index >= 15 is 0 Å². The summed E-state index contributed by atoms with van der Waals surface area (Å²) in [5.74, 6) is -2.20. The quantitative estimate of drug-likeness (QED) is 0.279. The van der Waals surface area contributed by atoms with E-state index in [1.54, 1.807) is 18.3 Å². The van der Waals surface area contributed by atoms with Crippen LogP contribution in [0.2, 0.25) is 0 Å². The fraction of sp³-hybridized carbons (Fsp3) is 0.519. The molecule has 1 saturated heterocycles. The monoisotopic (exact) mass is 521 g/mol. The van der Waals surface area contributed by atoms with Crippen LogP contribution in [0.15, 0.2) is 42.6 Å². The zero-order valence-electron chi connectivity index (χ0n) is 21.3. The van der Waals surface area contributed by atoms with E-state index in [1.165, 1.54) is 26.9 Å². The molecule has 0 bridgehead atoms. The van der Waals surface area contributed by atoms with E-state index in [0.29, 0.717) is 30.5 Å². The van der Waals surface area contributed by atoms with E-state index in [2.05, 4.69) is 46.8 Å². The number of nitrogens with one attached hydrogen (secondary N) is 1. The summed E-state index contributed by atoms with van der Waals surface area (Å²) in [7, 11) is 1.37. The molecular formula is C27H38F2N3O3P. The predicted molar refractivity (Wildman–Crippen MR) is 145 cm³/mol. The number of alkyl halides is 2. The predicted octanol–water partition coefficient (Wildman–Crippen LogP) is 6.04. The molecule has 1 aliphatic rings. The van der Waals surface area contributed by atoms with E-state index in [1.807, 2.05) is 6.07 Å². The van der Waals surface area contributed by atoms with Gasteiger partial charge in [-0.1, -0.05) is 33.3 Å². The second kappa shape index (κ2) is 12.8. The Morgan fingerprint density at radius 1 is 1.22 bits per heavy atom. The molecule has 0 amide bonds.